The van der Waals surface area contributed by atoms with Crippen LogP contribution in [0.5, 0.6) is 0 Å². The molecule has 1 aliphatic carbocycles. The van der Waals surface area contributed by atoms with Crippen molar-refractivity contribution in [2.45, 2.75) is 51.2 Å². The zero-order valence-electron chi connectivity index (χ0n) is 14.0. The fraction of sp³-hybridized carbons (Fsp3) is 0.933. The number of nitrogens with one attached hydrogen (secondary N) is 1. The molecule has 2 rings (SSSR count). The number of aliphatic imine (C=N–C) groups is 1. The molecular weight excluding hydrogens is 413 g/mol. The fourth-order valence-corrected chi connectivity index (χ4v) is 4.52. The highest BCUT2D eigenvalue weighted by atomic mass is 127. The minimum absolute atomic E-state index is 0. The average Bonchev–Trinajstić information content (AvgIpc) is 2.91. The molecule has 2 fully saturated rings. The van der Waals surface area contributed by atoms with Gasteiger partial charge in [0.25, 0.3) is 0 Å². The first-order valence-electron chi connectivity index (χ1n) is 8.11. The molecule has 0 amide bonds. The number of guanidine groups is 1. The molecule has 5 nitrogen and oxygen atoms in total. The predicted molar refractivity (Wildman–Crippen MR) is 103 cm³/mol. The van der Waals surface area contributed by atoms with E-state index in [1.807, 2.05) is 13.8 Å². The van der Waals surface area contributed by atoms with Crippen molar-refractivity contribution < 1.29 is 8.42 Å². The van der Waals surface area contributed by atoms with Crippen LogP contribution < -0.4 is 5.32 Å². The van der Waals surface area contributed by atoms with E-state index in [9.17, 15) is 8.42 Å². The van der Waals surface area contributed by atoms with Gasteiger partial charge in [0, 0.05) is 26.2 Å². The van der Waals surface area contributed by atoms with Gasteiger partial charge in [-0.1, -0.05) is 12.8 Å². The summed E-state index contributed by atoms with van der Waals surface area (Å²) in [5, 5.41) is 3.32. The molecule has 0 radical (unpaired) electrons. The monoisotopic (exact) mass is 443 g/mol. The lowest BCUT2D eigenvalue weighted by molar-refractivity contribution is 0.352. The minimum Gasteiger partial charge on any atom is -0.357 e. The summed E-state index contributed by atoms with van der Waals surface area (Å²) in [5.74, 6) is 1.81. The average molecular weight is 443 g/mol. The van der Waals surface area contributed by atoms with Crippen molar-refractivity contribution in [2.24, 2.45) is 10.9 Å². The summed E-state index contributed by atoms with van der Waals surface area (Å²) in [6.07, 6.45) is 5.21. The van der Waals surface area contributed by atoms with Gasteiger partial charge in [-0.05, 0) is 39.5 Å². The quantitative estimate of drug-likeness (QED) is 0.413. The van der Waals surface area contributed by atoms with Crippen LogP contribution in [0, 0.1) is 5.92 Å². The number of sulfone groups is 1. The molecule has 0 aromatic carbocycles. The van der Waals surface area contributed by atoms with Crippen molar-refractivity contribution in [3.8, 4) is 0 Å². The first-order valence-corrected chi connectivity index (χ1v) is 9.76. The highest BCUT2D eigenvalue weighted by Crippen LogP contribution is 2.26. The van der Waals surface area contributed by atoms with Gasteiger partial charge < -0.3 is 10.2 Å². The van der Waals surface area contributed by atoms with E-state index in [2.05, 4.69) is 17.1 Å². The third-order valence-corrected chi connectivity index (χ3v) is 7.18. The molecule has 0 aromatic heterocycles. The van der Waals surface area contributed by atoms with E-state index in [1.54, 1.807) is 0 Å². The van der Waals surface area contributed by atoms with Crippen molar-refractivity contribution in [3.63, 3.8) is 0 Å². The maximum atomic E-state index is 12.1. The maximum Gasteiger partial charge on any atom is 0.194 e. The van der Waals surface area contributed by atoms with Crippen LogP contribution in [0.3, 0.4) is 0 Å². The van der Waals surface area contributed by atoms with Crippen LogP contribution in [-0.4, -0.2) is 56.0 Å². The molecule has 1 saturated heterocycles. The largest absolute Gasteiger partial charge is 0.357 e. The Morgan fingerprint density at radius 1 is 1.32 bits per heavy atom. The highest BCUT2D eigenvalue weighted by molar-refractivity contribution is 14.0. The van der Waals surface area contributed by atoms with Gasteiger partial charge in [0.05, 0.1) is 10.5 Å². The van der Waals surface area contributed by atoms with E-state index >= 15 is 0 Å². The van der Waals surface area contributed by atoms with Crippen LogP contribution in [0.15, 0.2) is 4.99 Å². The summed E-state index contributed by atoms with van der Waals surface area (Å²) >= 11 is 0. The molecule has 0 bridgehead atoms. The number of rotatable bonds is 3. The zero-order valence-corrected chi connectivity index (χ0v) is 17.1. The molecule has 1 aliphatic heterocycles. The molecule has 0 unspecified atom stereocenters. The van der Waals surface area contributed by atoms with Crippen LogP contribution in [-0.2, 0) is 9.84 Å². The molecule has 2 aliphatic rings. The number of hydrogen-bond donors (Lipinski definition) is 1. The highest BCUT2D eigenvalue weighted by Gasteiger charge is 2.40. The second-order valence-corrected chi connectivity index (χ2v) is 9.59. The van der Waals surface area contributed by atoms with E-state index in [0.717, 1.165) is 19.0 Å². The molecule has 1 heterocycles. The second kappa shape index (κ2) is 8.17. The van der Waals surface area contributed by atoms with Crippen molar-refractivity contribution in [2.75, 3.05) is 31.9 Å². The van der Waals surface area contributed by atoms with Crippen molar-refractivity contribution in [1.82, 2.24) is 10.2 Å². The standard InChI is InChI=1S/C15H29N3O2S.HI/c1-4-16-14(17-11-13-7-5-6-8-13)18-9-10-21(19,20)15(2,3)12-18;/h13H,4-12H2,1-3H3,(H,16,17);1H. The second-order valence-electron chi connectivity index (χ2n) is 6.85. The van der Waals surface area contributed by atoms with Gasteiger partial charge in [-0.2, -0.15) is 0 Å². The molecule has 1 saturated carbocycles. The maximum absolute atomic E-state index is 12.1. The van der Waals surface area contributed by atoms with Gasteiger partial charge >= 0.3 is 0 Å². The predicted octanol–water partition coefficient (Wildman–Crippen LogP) is 2.27. The van der Waals surface area contributed by atoms with E-state index in [-0.39, 0.29) is 29.7 Å². The first kappa shape index (κ1) is 20.0. The number of nitrogens with zero attached hydrogens (tertiary/aromatic N) is 2. The van der Waals surface area contributed by atoms with Gasteiger partial charge in [0.1, 0.15) is 0 Å². The van der Waals surface area contributed by atoms with Crippen LogP contribution in [0.25, 0.3) is 0 Å². The Labute approximate surface area is 152 Å². The van der Waals surface area contributed by atoms with E-state index in [4.69, 9.17) is 4.99 Å². The molecule has 22 heavy (non-hydrogen) atoms. The van der Waals surface area contributed by atoms with E-state index < -0.39 is 14.6 Å². The Hall–Kier alpha value is -0.0500. The Morgan fingerprint density at radius 2 is 1.95 bits per heavy atom. The zero-order chi connectivity index (χ0) is 15.5. The lowest BCUT2D eigenvalue weighted by Gasteiger charge is -2.39. The first-order chi connectivity index (χ1) is 9.86. The summed E-state index contributed by atoms with van der Waals surface area (Å²) in [6, 6.07) is 0. The Morgan fingerprint density at radius 3 is 2.50 bits per heavy atom. The normalized spacial score (nSPS) is 24.9. The lowest BCUT2D eigenvalue weighted by Crippen LogP contribution is -2.57. The minimum atomic E-state index is -3.00. The van der Waals surface area contributed by atoms with Crippen LogP contribution in [0.1, 0.15) is 46.5 Å². The fourth-order valence-electron chi connectivity index (χ4n) is 3.16. The summed E-state index contributed by atoms with van der Waals surface area (Å²) in [6.45, 7) is 8.42. The van der Waals surface area contributed by atoms with Gasteiger partial charge in [-0.15, -0.1) is 24.0 Å². The Bertz CT molecular complexity index is 485. The summed E-state index contributed by atoms with van der Waals surface area (Å²) in [5.41, 5.74) is 0. The topological polar surface area (TPSA) is 61.8 Å². The molecule has 1 N–H and O–H groups in total. The van der Waals surface area contributed by atoms with E-state index in [0.29, 0.717) is 19.0 Å². The molecule has 0 spiro atoms. The van der Waals surface area contributed by atoms with E-state index in [1.165, 1.54) is 25.7 Å². The molecule has 130 valence electrons. The molecular formula is C15H30IN3O2S. The van der Waals surface area contributed by atoms with Gasteiger partial charge in [-0.25, -0.2) is 8.42 Å². The van der Waals surface area contributed by atoms with Crippen LogP contribution in [0.2, 0.25) is 0 Å². The van der Waals surface area contributed by atoms with Gasteiger partial charge in [0.2, 0.25) is 0 Å². The summed E-state index contributed by atoms with van der Waals surface area (Å²) in [4.78, 5) is 6.88. The molecule has 0 aromatic rings. The van der Waals surface area contributed by atoms with Gasteiger partial charge in [0.15, 0.2) is 15.8 Å². The Balaban J connectivity index is 0.00000242. The van der Waals surface area contributed by atoms with Crippen molar-refractivity contribution in [1.29, 1.82) is 0 Å². The molecule has 0 atom stereocenters. The summed E-state index contributed by atoms with van der Waals surface area (Å²) in [7, 11) is -3.00. The third kappa shape index (κ3) is 4.72. The van der Waals surface area contributed by atoms with Crippen molar-refractivity contribution in [3.05, 3.63) is 0 Å². The lowest BCUT2D eigenvalue weighted by atomic mass is 10.1. The van der Waals surface area contributed by atoms with Crippen LogP contribution in [0.4, 0.5) is 0 Å². The molecule has 7 heteroatoms. The SMILES string of the molecule is CCNC(=NCC1CCCC1)N1CCS(=O)(=O)C(C)(C)C1.I. The van der Waals surface area contributed by atoms with Gasteiger partial charge in [-0.3, -0.25) is 4.99 Å². The van der Waals surface area contributed by atoms with Crippen LogP contribution >= 0.6 is 24.0 Å². The third-order valence-electron chi connectivity index (χ3n) is 4.65. The Kier molecular flexibility index (Phi) is 7.42. The van der Waals surface area contributed by atoms with Crippen molar-refractivity contribution >= 4 is 39.8 Å². The smallest absolute Gasteiger partial charge is 0.194 e. The number of halogens is 1. The summed E-state index contributed by atoms with van der Waals surface area (Å²) < 4.78 is 23.5. The number of hydrogen-bond acceptors (Lipinski definition) is 3.